The molecule has 104 valence electrons. The number of hydrogen-bond donors (Lipinski definition) is 1. The second kappa shape index (κ2) is 4.90. The Morgan fingerprint density at radius 2 is 2.00 bits per heavy atom. The Balaban J connectivity index is 1.87. The van der Waals surface area contributed by atoms with Crippen LogP contribution in [0.3, 0.4) is 0 Å². The zero-order valence-corrected chi connectivity index (χ0v) is 11.9. The summed E-state index contributed by atoms with van der Waals surface area (Å²) in [6, 6.07) is 10.0. The van der Waals surface area contributed by atoms with E-state index in [1.54, 1.807) is 6.20 Å². The number of hydrogen-bond acceptors (Lipinski definition) is 3. The standard InChI is InChI=1S/C16H12ClN3O/c17-16-4-3-12-13-2-1-10(11-8-18-19-9-11)7-15(13)21-6-5-14(12)20-16/h1-4,7-9H,5-6H2,(H,18,19). The molecule has 0 fully saturated rings. The third-order valence-electron chi connectivity index (χ3n) is 3.64. The van der Waals surface area contributed by atoms with Gasteiger partial charge in [-0.2, -0.15) is 5.10 Å². The van der Waals surface area contributed by atoms with Crippen LogP contribution in [0.1, 0.15) is 5.69 Å². The molecule has 5 heteroatoms. The molecule has 0 atom stereocenters. The Kier molecular flexibility index (Phi) is 2.89. The van der Waals surface area contributed by atoms with E-state index in [4.69, 9.17) is 16.3 Å². The first-order chi connectivity index (χ1) is 10.3. The number of H-pyrrole nitrogens is 1. The largest absolute Gasteiger partial charge is 0.493 e. The maximum absolute atomic E-state index is 5.99. The van der Waals surface area contributed by atoms with E-state index >= 15 is 0 Å². The lowest BCUT2D eigenvalue weighted by atomic mass is 9.99. The summed E-state index contributed by atoms with van der Waals surface area (Å²) in [6.45, 7) is 0.599. The highest BCUT2D eigenvalue weighted by Crippen LogP contribution is 2.37. The zero-order chi connectivity index (χ0) is 14.2. The Labute approximate surface area is 126 Å². The molecule has 0 aliphatic carbocycles. The number of ether oxygens (including phenoxy) is 1. The smallest absolute Gasteiger partial charge is 0.129 e. The van der Waals surface area contributed by atoms with Gasteiger partial charge >= 0.3 is 0 Å². The van der Waals surface area contributed by atoms with Gasteiger partial charge in [0.15, 0.2) is 0 Å². The molecule has 3 aromatic rings. The van der Waals surface area contributed by atoms with E-state index in [1.807, 2.05) is 24.4 Å². The second-order valence-corrected chi connectivity index (χ2v) is 5.31. The molecule has 21 heavy (non-hydrogen) atoms. The van der Waals surface area contributed by atoms with Crippen LogP contribution in [-0.2, 0) is 6.42 Å². The van der Waals surface area contributed by atoms with E-state index in [1.165, 1.54) is 0 Å². The maximum atomic E-state index is 5.99. The van der Waals surface area contributed by atoms with E-state index in [-0.39, 0.29) is 0 Å². The summed E-state index contributed by atoms with van der Waals surface area (Å²) in [6.07, 6.45) is 4.42. The summed E-state index contributed by atoms with van der Waals surface area (Å²) >= 11 is 5.99. The first kappa shape index (κ1) is 12.4. The minimum Gasteiger partial charge on any atom is -0.493 e. The van der Waals surface area contributed by atoms with Gasteiger partial charge in [-0.25, -0.2) is 4.98 Å². The van der Waals surface area contributed by atoms with Crippen molar-refractivity contribution in [2.24, 2.45) is 0 Å². The van der Waals surface area contributed by atoms with Crippen LogP contribution in [0.4, 0.5) is 0 Å². The van der Waals surface area contributed by atoms with Crippen LogP contribution in [0.25, 0.3) is 22.3 Å². The molecule has 0 saturated heterocycles. The predicted molar refractivity (Wildman–Crippen MR) is 81.5 cm³/mol. The van der Waals surface area contributed by atoms with E-state index in [2.05, 4.69) is 27.3 Å². The molecule has 0 amide bonds. The van der Waals surface area contributed by atoms with E-state index in [0.717, 1.165) is 40.1 Å². The minimum absolute atomic E-state index is 0.521. The highest BCUT2D eigenvalue weighted by Gasteiger charge is 2.17. The highest BCUT2D eigenvalue weighted by atomic mass is 35.5. The van der Waals surface area contributed by atoms with Crippen molar-refractivity contribution >= 4 is 11.6 Å². The van der Waals surface area contributed by atoms with Crippen LogP contribution in [0.2, 0.25) is 5.15 Å². The molecule has 4 rings (SSSR count). The molecule has 0 bridgehead atoms. The van der Waals surface area contributed by atoms with Gasteiger partial charge in [-0.1, -0.05) is 17.7 Å². The molecule has 0 spiro atoms. The molecular weight excluding hydrogens is 286 g/mol. The van der Waals surface area contributed by atoms with E-state index < -0.39 is 0 Å². The number of fused-ring (bicyclic) bond motifs is 3. The summed E-state index contributed by atoms with van der Waals surface area (Å²) in [5.41, 5.74) is 5.25. The molecule has 1 N–H and O–H groups in total. The lowest BCUT2D eigenvalue weighted by Crippen LogP contribution is -2.00. The van der Waals surface area contributed by atoms with Crippen LogP contribution < -0.4 is 4.74 Å². The van der Waals surface area contributed by atoms with Crippen LogP contribution in [0, 0.1) is 0 Å². The Morgan fingerprint density at radius 3 is 2.86 bits per heavy atom. The molecular formula is C16H12ClN3O. The van der Waals surface area contributed by atoms with Crippen molar-refractivity contribution in [3.05, 3.63) is 53.6 Å². The van der Waals surface area contributed by atoms with Crippen LogP contribution in [0.15, 0.2) is 42.7 Å². The van der Waals surface area contributed by atoms with Crippen molar-refractivity contribution < 1.29 is 4.74 Å². The van der Waals surface area contributed by atoms with Crippen LogP contribution in [-0.4, -0.2) is 21.8 Å². The van der Waals surface area contributed by atoms with Gasteiger partial charge in [-0.05, 0) is 29.8 Å². The van der Waals surface area contributed by atoms with Gasteiger partial charge in [-0.3, -0.25) is 5.10 Å². The molecule has 1 aliphatic rings. The quantitative estimate of drug-likeness (QED) is 0.696. The molecule has 0 saturated carbocycles. The van der Waals surface area contributed by atoms with E-state index in [9.17, 15) is 0 Å². The van der Waals surface area contributed by atoms with Crippen molar-refractivity contribution in [3.8, 4) is 28.0 Å². The van der Waals surface area contributed by atoms with Crippen molar-refractivity contribution in [1.29, 1.82) is 0 Å². The minimum atomic E-state index is 0.521. The van der Waals surface area contributed by atoms with Crippen molar-refractivity contribution in [2.45, 2.75) is 6.42 Å². The fourth-order valence-corrected chi connectivity index (χ4v) is 2.79. The zero-order valence-electron chi connectivity index (χ0n) is 11.1. The van der Waals surface area contributed by atoms with Crippen molar-refractivity contribution in [1.82, 2.24) is 15.2 Å². The number of halogens is 1. The normalized spacial score (nSPS) is 13.0. The Morgan fingerprint density at radius 1 is 1.10 bits per heavy atom. The topological polar surface area (TPSA) is 50.8 Å². The third kappa shape index (κ3) is 2.17. The summed E-state index contributed by atoms with van der Waals surface area (Å²) in [4.78, 5) is 4.42. The Bertz CT molecular complexity index is 799. The van der Waals surface area contributed by atoms with Crippen LogP contribution in [0.5, 0.6) is 5.75 Å². The van der Waals surface area contributed by atoms with Gasteiger partial charge in [0, 0.05) is 29.3 Å². The molecule has 2 aromatic heterocycles. The van der Waals surface area contributed by atoms with E-state index in [0.29, 0.717) is 11.8 Å². The number of aromatic amines is 1. The average Bonchev–Trinajstić information content (AvgIpc) is 2.96. The van der Waals surface area contributed by atoms with Crippen LogP contribution >= 0.6 is 11.6 Å². The second-order valence-electron chi connectivity index (χ2n) is 4.92. The van der Waals surface area contributed by atoms with Gasteiger partial charge in [0.1, 0.15) is 10.9 Å². The summed E-state index contributed by atoms with van der Waals surface area (Å²) in [5.74, 6) is 0.872. The lowest BCUT2D eigenvalue weighted by Gasteiger charge is -2.10. The molecule has 4 nitrogen and oxygen atoms in total. The highest BCUT2D eigenvalue weighted by molar-refractivity contribution is 6.29. The van der Waals surface area contributed by atoms with Gasteiger partial charge in [0.2, 0.25) is 0 Å². The summed E-state index contributed by atoms with van der Waals surface area (Å²) in [5, 5.41) is 7.33. The SMILES string of the molecule is Clc1ccc2c(n1)CCOc1cc(-c3cn[nH]c3)ccc1-2. The van der Waals surface area contributed by atoms with Crippen molar-refractivity contribution in [2.75, 3.05) is 6.61 Å². The number of aromatic nitrogens is 3. The predicted octanol–water partition coefficient (Wildman–Crippen LogP) is 3.73. The van der Waals surface area contributed by atoms with Gasteiger partial charge in [0.25, 0.3) is 0 Å². The fourth-order valence-electron chi connectivity index (χ4n) is 2.62. The fraction of sp³-hybridized carbons (Fsp3) is 0.125. The van der Waals surface area contributed by atoms with Crippen molar-refractivity contribution in [3.63, 3.8) is 0 Å². The first-order valence-corrected chi connectivity index (χ1v) is 7.11. The average molecular weight is 298 g/mol. The molecule has 0 unspecified atom stereocenters. The Hall–Kier alpha value is -2.33. The number of benzene rings is 1. The number of nitrogens with one attached hydrogen (secondary N) is 1. The lowest BCUT2D eigenvalue weighted by molar-refractivity contribution is 0.325. The number of rotatable bonds is 1. The molecule has 0 radical (unpaired) electrons. The van der Waals surface area contributed by atoms with Gasteiger partial charge in [0.05, 0.1) is 18.5 Å². The molecule has 1 aliphatic heterocycles. The number of nitrogens with zero attached hydrogens (tertiary/aromatic N) is 2. The monoisotopic (exact) mass is 297 g/mol. The third-order valence-corrected chi connectivity index (χ3v) is 3.85. The number of pyridine rings is 1. The summed E-state index contributed by atoms with van der Waals surface area (Å²) in [7, 11) is 0. The molecule has 1 aromatic carbocycles. The molecule has 3 heterocycles. The van der Waals surface area contributed by atoms with Gasteiger partial charge in [-0.15, -0.1) is 0 Å². The maximum Gasteiger partial charge on any atom is 0.129 e. The summed E-state index contributed by atoms with van der Waals surface area (Å²) < 4.78 is 5.90. The first-order valence-electron chi connectivity index (χ1n) is 6.73. The van der Waals surface area contributed by atoms with Gasteiger partial charge < -0.3 is 4.74 Å².